The zero-order valence-corrected chi connectivity index (χ0v) is 10.5. The highest BCUT2D eigenvalue weighted by Gasteiger charge is 2.18. The Labute approximate surface area is 101 Å². The van der Waals surface area contributed by atoms with Gasteiger partial charge in [0.15, 0.2) is 0 Å². The normalized spacial score (nSPS) is 12.4. The van der Waals surface area contributed by atoms with E-state index in [9.17, 15) is 4.79 Å². The van der Waals surface area contributed by atoms with E-state index in [1.54, 1.807) is 0 Å². The molecule has 0 heterocycles. The number of thioether (sulfide) groups is 1. The fourth-order valence-corrected chi connectivity index (χ4v) is 2.55. The Hall–Kier alpha value is -0.520. The third-order valence-corrected chi connectivity index (χ3v) is 3.31. The SMILES string of the molecule is COCC(Sc1cccc(Br)c1)C(=O)O. The minimum atomic E-state index is -0.859. The standard InChI is InChI=1S/C10H11BrO3S/c1-14-6-9(10(12)13)15-8-4-2-3-7(11)5-8/h2-5,9H,6H2,1H3,(H,12,13). The summed E-state index contributed by atoms with van der Waals surface area (Å²) in [6.45, 7) is 0.201. The molecule has 0 amide bonds. The number of ether oxygens (including phenoxy) is 1. The maximum atomic E-state index is 10.9. The van der Waals surface area contributed by atoms with Crippen LogP contribution in [0.5, 0.6) is 0 Å². The van der Waals surface area contributed by atoms with Crippen molar-refractivity contribution in [2.24, 2.45) is 0 Å². The van der Waals surface area contributed by atoms with Crippen molar-refractivity contribution in [3.05, 3.63) is 28.7 Å². The lowest BCUT2D eigenvalue weighted by atomic mass is 10.4. The van der Waals surface area contributed by atoms with Gasteiger partial charge in [-0.25, -0.2) is 0 Å². The van der Waals surface area contributed by atoms with Crippen molar-refractivity contribution in [3.63, 3.8) is 0 Å². The highest BCUT2D eigenvalue weighted by atomic mass is 79.9. The smallest absolute Gasteiger partial charge is 0.319 e. The van der Waals surface area contributed by atoms with Crippen molar-refractivity contribution in [2.45, 2.75) is 10.1 Å². The first-order valence-corrected chi connectivity index (χ1v) is 5.94. The van der Waals surface area contributed by atoms with E-state index >= 15 is 0 Å². The van der Waals surface area contributed by atoms with E-state index in [2.05, 4.69) is 15.9 Å². The van der Waals surface area contributed by atoms with Gasteiger partial charge in [-0.15, -0.1) is 11.8 Å². The van der Waals surface area contributed by atoms with Crippen molar-refractivity contribution in [1.82, 2.24) is 0 Å². The molecule has 5 heteroatoms. The summed E-state index contributed by atoms with van der Waals surface area (Å²) in [6.07, 6.45) is 0. The van der Waals surface area contributed by atoms with Crippen LogP contribution in [0.15, 0.2) is 33.6 Å². The molecule has 1 unspecified atom stereocenters. The molecule has 1 atom stereocenters. The highest BCUT2D eigenvalue weighted by Crippen LogP contribution is 2.26. The van der Waals surface area contributed by atoms with Gasteiger partial charge in [-0.05, 0) is 18.2 Å². The minimum Gasteiger partial charge on any atom is -0.480 e. The number of benzene rings is 1. The van der Waals surface area contributed by atoms with Gasteiger partial charge in [0.05, 0.1) is 6.61 Å². The predicted molar refractivity (Wildman–Crippen MR) is 63.3 cm³/mol. The molecule has 0 radical (unpaired) electrons. The Bertz CT molecular complexity index is 343. The molecule has 1 aromatic carbocycles. The lowest BCUT2D eigenvalue weighted by molar-refractivity contribution is -0.137. The average molecular weight is 291 g/mol. The molecule has 82 valence electrons. The van der Waals surface area contributed by atoms with Crippen molar-refractivity contribution < 1.29 is 14.6 Å². The number of carboxylic acid groups (broad SMARTS) is 1. The minimum absolute atomic E-state index is 0.201. The molecule has 0 aliphatic heterocycles. The van der Waals surface area contributed by atoms with Crippen molar-refractivity contribution in [3.8, 4) is 0 Å². The summed E-state index contributed by atoms with van der Waals surface area (Å²) in [4.78, 5) is 11.8. The second-order valence-electron chi connectivity index (χ2n) is 2.86. The van der Waals surface area contributed by atoms with Gasteiger partial charge in [-0.1, -0.05) is 22.0 Å². The number of carbonyl (C=O) groups is 1. The van der Waals surface area contributed by atoms with Gasteiger partial charge in [0, 0.05) is 16.5 Å². The number of halogens is 1. The van der Waals surface area contributed by atoms with Crippen molar-refractivity contribution in [2.75, 3.05) is 13.7 Å². The second-order valence-corrected chi connectivity index (χ2v) is 5.05. The number of rotatable bonds is 5. The molecule has 1 rings (SSSR count). The molecule has 0 fully saturated rings. The lowest BCUT2D eigenvalue weighted by Gasteiger charge is -2.10. The summed E-state index contributed by atoms with van der Waals surface area (Å²) in [7, 11) is 1.50. The van der Waals surface area contributed by atoms with E-state index in [0.717, 1.165) is 9.37 Å². The molecule has 3 nitrogen and oxygen atoms in total. The Morgan fingerprint density at radius 1 is 1.67 bits per heavy atom. The van der Waals surface area contributed by atoms with Crippen molar-refractivity contribution in [1.29, 1.82) is 0 Å². The van der Waals surface area contributed by atoms with Gasteiger partial charge in [0.25, 0.3) is 0 Å². The molecule has 0 saturated carbocycles. The van der Waals surface area contributed by atoms with Crippen LogP contribution in [-0.2, 0) is 9.53 Å². The van der Waals surface area contributed by atoms with Crippen LogP contribution in [0.3, 0.4) is 0 Å². The molecule has 0 saturated heterocycles. The topological polar surface area (TPSA) is 46.5 Å². The van der Waals surface area contributed by atoms with Gasteiger partial charge in [0.1, 0.15) is 5.25 Å². The molecule has 0 bridgehead atoms. The maximum Gasteiger partial charge on any atom is 0.319 e. The van der Waals surface area contributed by atoms with E-state index in [1.807, 2.05) is 24.3 Å². The number of aliphatic carboxylic acids is 1. The van der Waals surface area contributed by atoms with Crippen LogP contribution in [0.1, 0.15) is 0 Å². The molecule has 1 aromatic rings. The Kier molecular flexibility index (Phi) is 5.14. The summed E-state index contributed by atoms with van der Waals surface area (Å²) in [5.41, 5.74) is 0. The summed E-state index contributed by atoms with van der Waals surface area (Å²) >= 11 is 4.62. The van der Waals surface area contributed by atoms with Gasteiger partial charge in [-0.3, -0.25) is 4.79 Å². The Balaban J connectivity index is 2.69. The third kappa shape index (κ3) is 4.24. The van der Waals surface area contributed by atoms with Crippen LogP contribution in [0.4, 0.5) is 0 Å². The first-order chi connectivity index (χ1) is 7.13. The van der Waals surface area contributed by atoms with Crippen LogP contribution in [-0.4, -0.2) is 30.0 Å². The van der Waals surface area contributed by atoms with E-state index in [4.69, 9.17) is 9.84 Å². The van der Waals surface area contributed by atoms with Gasteiger partial charge in [-0.2, -0.15) is 0 Å². The zero-order valence-electron chi connectivity index (χ0n) is 8.14. The zero-order chi connectivity index (χ0) is 11.3. The number of hydrogen-bond acceptors (Lipinski definition) is 3. The average Bonchev–Trinajstić information content (AvgIpc) is 2.17. The number of hydrogen-bond donors (Lipinski definition) is 1. The van der Waals surface area contributed by atoms with Crippen LogP contribution >= 0.6 is 27.7 Å². The highest BCUT2D eigenvalue weighted by molar-refractivity contribution is 9.10. The van der Waals surface area contributed by atoms with Crippen LogP contribution in [0, 0.1) is 0 Å². The van der Waals surface area contributed by atoms with Crippen LogP contribution in [0.25, 0.3) is 0 Å². The number of carboxylic acids is 1. The summed E-state index contributed by atoms with van der Waals surface area (Å²) in [5.74, 6) is -0.859. The van der Waals surface area contributed by atoms with E-state index in [1.165, 1.54) is 18.9 Å². The first kappa shape index (κ1) is 12.5. The Morgan fingerprint density at radius 3 is 2.93 bits per heavy atom. The van der Waals surface area contributed by atoms with Crippen LogP contribution < -0.4 is 0 Å². The second kappa shape index (κ2) is 6.15. The molecule has 0 aliphatic rings. The van der Waals surface area contributed by atoms with Gasteiger partial charge >= 0.3 is 5.97 Å². The summed E-state index contributed by atoms with van der Waals surface area (Å²) in [5, 5.41) is 8.36. The molecule has 0 spiro atoms. The fourth-order valence-electron chi connectivity index (χ4n) is 1.01. The fraction of sp³-hybridized carbons (Fsp3) is 0.300. The quantitative estimate of drug-likeness (QED) is 0.847. The van der Waals surface area contributed by atoms with E-state index < -0.39 is 11.2 Å². The van der Waals surface area contributed by atoms with Gasteiger partial charge < -0.3 is 9.84 Å². The summed E-state index contributed by atoms with van der Waals surface area (Å²) < 4.78 is 5.79. The predicted octanol–water partition coefficient (Wildman–Crippen LogP) is 2.64. The maximum absolute atomic E-state index is 10.9. The van der Waals surface area contributed by atoms with Gasteiger partial charge in [0.2, 0.25) is 0 Å². The first-order valence-electron chi connectivity index (χ1n) is 4.27. The monoisotopic (exact) mass is 290 g/mol. The molecule has 15 heavy (non-hydrogen) atoms. The lowest BCUT2D eigenvalue weighted by Crippen LogP contribution is -2.21. The Morgan fingerprint density at radius 2 is 2.40 bits per heavy atom. The third-order valence-electron chi connectivity index (χ3n) is 1.67. The largest absolute Gasteiger partial charge is 0.480 e. The van der Waals surface area contributed by atoms with E-state index in [0.29, 0.717) is 0 Å². The van der Waals surface area contributed by atoms with Crippen LogP contribution in [0.2, 0.25) is 0 Å². The molecular weight excluding hydrogens is 280 g/mol. The van der Waals surface area contributed by atoms with Crippen molar-refractivity contribution >= 4 is 33.7 Å². The molecule has 1 N–H and O–H groups in total. The van der Waals surface area contributed by atoms with E-state index in [-0.39, 0.29) is 6.61 Å². The summed E-state index contributed by atoms with van der Waals surface area (Å²) in [6, 6.07) is 7.53. The molecule has 0 aromatic heterocycles. The number of methoxy groups -OCH3 is 1. The molecular formula is C10H11BrO3S. The molecule has 0 aliphatic carbocycles.